The third-order valence-corrected chi connectivity index (χ3v) is 30.8. The fraction of sp³-hybridized carbons (Fsp3) is 0.0638. The van der Waals surface area contributed by atoms with Gasteiger partial charge in [0.15, 0.2) is 0 Å². The Bertz CT molecular complexity index is 8400. The van der Waals surface area contributed by atoms with Gasteiger partial charge in [0, 0.05) is 132 Å². The van der Waals surface area contributed by atoms with E-state index in [0.717, 1.165) is 144 Å². The van der Waals surface area contributed by atoms with Crippen molar-refractivity contribution in [1.29, 1.82) is 0 Å². The van der Waals surface area contributed by atoms with Crippen LogP contribution in [0.25, 0.3) is 85.0 Å². The first-order valence-corrected chi connectivity index (χ1v) is 53.3. The number of hydrogen-bond donors (Lipinski definition) is 0. The van der Waals surface area contributed by atoms with Gasteiger partial charge in [0.25, 0.3) is 0 Å². The lowest BCUT2D eigenvalue weighted by molar-refractivity contribution is 0.660. The third-order valence-electron chi connectivity index (χ3n) is 29.4. The van der Waals surface area contributed by atoms with Crippen LogP contribution in [0.2, 0.25) is 0 Å². The summed E-state index contributed by atoms with van der Waals surface area (Å²) >= 11 is 11.8. The molecule has 0 N–H and O–H groups in total. The Balaban J connectivity index is 0.000000127. The fourth-order valence-electron chi connectivity index (χ4n) is 22.0. The number of fused-ring (bicyclic) bond motifs is 9. The lowest BCUT2D eigenvalue weighted by atomic mass is 9.82. The molecule has 3 aliphatic rings. The van der Waals surface area contributed by atoms with Gasteiger partial charge in [-0.15, -0.1) is 0 Å². The van der Waals surface area contributed by atoms with Crippen molar-refractivity contribution in [2.45, 2.75) is 57.8 Å². The monoisotopic (exact) mass is 2120 g/mol. The quantitative estimate of drug-likeness (QED) is 0.0596. The molecule has 0 fully saturated rings. The highest BCUT2D eigenvalue weighted by Gasteiger charge is 2.40. The molecule has 0 amide bonds. The zero-order valence-corrected chi connectivity index (χ0v) is 89.4. The summed E-state index contributed by atoms with van der Waals surface area (Å²) in [5.41, 5.74) is 45.3. The summed E-state index contributed by atoms with van der Waals surface area (Å²) in [6, 6.07) is 183. The van der Waals surface area contributed by atoms with Crippen LogP contribution in [-0.4, -0.2) is 0 Å². The van der Waals surface area contributed by atoms with Gasteiger partial charge in [-0.1, -0.05) is 431 Å². The minimum atomic E-state index is -0.116. The fourth-order valence-corrected chi connectivity index (χ4v) is 23.4. The van der Waals surface area contributed by atoms with Crippen LogP contribution in [-0.2, 0) is 16.2 Å². The SMILES string of the molecule is C=Cc1ccc(N(c2ccc(C=C)cc2)c2cc(Br)cc(N(c3ccc(C=C)cc3)c3ccc4c(c3)C(C)(C)c3ccccc3-4)c2)cc1.CC1(C)c2ccccc2-c2ccc(N(c3cccc(-c4ccccc4)c3)c3cc(Br)cc(N(c4ccccc4)c4ccccc4)c3)cc21.CC1(C)c2ccccc2-c2ccc(N(c3ccccc3)c3cc(Br)cc(N(c4ccccc4)c4cc(-c5ccccc5)cc(-c5ccccc5)c4)c3)cc21. The van der Waals surface area contributed by atoms with E-state index in [0.29, 0.717) is 0 Å². The highest BCUT2D eigenvalue weighted by molar-refractivity contribution is 9.11. The molecule has 0 saturated carbocycles. The molecule has 9 heteroatoms. The molecular weight excluding hydrogens is 2020 g/mol. The smallest absolute Gasteiger partial charge is 0.0493 e. The van der Waals surface area contributed by atoms with Crippen molar-refractivity contribution in [2.24, 2.45) is 0 Å². The van der Waals surface area contributed by atoms with Gasteiger partial charge >= 0.3 is 0 Å². The average molecular weight is 2130 g/mol. The van der Waals surface area contributed by atoms with E-state index < -0.39 is 0 Å². The van der Waals surface area contributed by atoms with E-state index in [4.69, 9.17) is 0 Å². The first kappa shape index (κ1) is 97.8. The Morgan fingerprint density at radius 1 is 0.153 bits per heavy atom. The molecule has 0 atom stereocenters. The van der Waals surface area contributed by atoms with Crippen molar-refractivity contribution < 1.29 is 0 Å². The number of benzene rings is 21. The lowest BCUT2D eigenvalue weighted by Crippen LogP contribution is -2.17. The molecule has 0 aromatic heterocycles. The summed E-state index contributed by atoms with van der Waals surface area (Å²) in [7, 11) is 0. The summed E-state index contributed by atoms with van der Waals surface area (Å²) in [6.45, 7) is 25.9. The van der Waals surface area contributed by atoms with Gasteiger partial charge in [0.2, 0.25) is 0 Å². The van der Waals surface area contributed by atoms with Gasteiger partial charge in [0.05, 0.1) is 0 Å². The summed E-state index contributed by atoms with van der Waals surface area (Å²) in [5, 5.41) is 0. The molecule has 0 heterocycles. The lowest BCUT2D eigenvalue weighted by Gasteiger charge is -2.31. The zero-order valence-electron chi connectivity index (χ0n) is 84.7. The molecule has 0 spiro atoms. The molecule has 0 radical (unpaired) electrons. The summed E-state index contributed by atoms with van der Waals surface area (Å²) < 4.78 is 2.98. The summed E-state index contributed by atoms with van der Waals surface area (Å²) in [4.78, 5) is 14.1. The van der Waals surface area contributed by atoms with Gasteiger partial charge in [-0.2, -0.15) is 0 Å². The van der Waals surface area contributed by atoms with Crippen LogP contribution in [0.1, 0.15) is 91.6 Å². The Kier molecular flexibility index (Phi) is 27.5. The number of halogens is 3. The second-order valence-corrected chi connectivity index (χ2v) is 42.6. The van der Waals surface area contributed by atoms with Crippen LogP contribution in [0.3, 0.4) is 0 Å². The van der Waals surface area contributed by atoms with E-state index in [2.05, 4.69) is 648 Å². The van der Waals surface area contributed by atoms with Crippen molar-refractivity contribution in [3.63, 3.8) is 0 Å². The maximum absolute atomic E-state index is 3.98. The first-order chi connectivity index (χ1) is 73.2. The van der Waals surface area contributed by atoms with E-state index in [9.17, 15) is 0 Å². The van der Waals surface area contributed by atoms with E-state index in [-0.39, 0.29) is 16.2 Å². The van der Waals surface area contributed by atoms with Crippen LogP contribution in [0.4, 0.5) is 102 Å². The van der Waals surface area contributed by atoms with Crippen molar-refractivity contribution in [3.05, 3.63) is 593 Å². The second kappa shape index (κ2) is 42.1. The molecule has 0 saturated heterocycles. The predicted octanol–water partition coefficient (Wildman–Crippen LogP) is 42.0. The molecule has 726 valence electrons. The van der Waals surface area contributed by atoms with Crippen LogP contribution in [0, 0.1) is 0 Å². The molecule has 0 bridgehead atoms. The Hall–Kier alpha value is -16.9. The normalized spacial score (nSPS) is 12.5. The molecule has 6 nitrogen and oxygen atoms in total. The number of anilines is 18. The average Bonchev–Trinajstić information content (AvgIpc) is 1.59. The minimum absolute atomic E-state index is 0.112. The van der Waals surface area contributed by atoms with Crippen LogP contribution in [0.5, 0.6) is 0 Å². The highest BCUT2D eigenvalue weighted by atomic mass is 79.9. The first-order valence-electron chi connectivity index (χ1n) is 51.0. The van der Waals surface area contributed by atoms with Crippen LogP contribution < -0.4 is 29.4 Å². The van der Waals surface area contributed by atoms with Gasteiger partial charge in [-0.25, -0.2) is 0 Å². The number of nitrogens with zero attached hydrogens (tertiary/aromatic N) is 6. The highest BCUT2D eigenvalue weighted by Crippen LogP contribution is 2.57. The van der Waals surface area contributed by atoms with Gasteiger partial charge < -0.3 is 29.4 Å². The summed E-state index contributed by atoms with van der Waals surface area (Å²) in [6.07, 6.45) is 5.62. The molecule has 150 heavy (non-hydrogen) atoms. The molecule has 21 aromatic rings. The van der Waals surface area contributed by atoms with Gasteiger partial charge in [-0.05, 0) is 323 Å². The Morgan fingerprint density at radius 2 is 0.347 bits per heavy atom. The second-order valence-electron chi connectivity index (χ2n) is 39.9. The minimum Gasteiger partial charge on any atom is -0.310 e. The van der Waals surface area contributed by atoms with Gasteiger partial charge in [0.1, 0.15) is 0 Å². The zero-order chi connectivity index (χ0) is 103. The Morgan fingerprint density at radius 3 is 0.633 bits per heavy atom. The molecule has 0 unspecified atom stereocenters. The molecule has 24 rings (SSSR count). The molecule has 0 aliphatic heterocycles. The largest absolute Gasteiger partial charge is 0.310 e. The van der Waals surface area contributed by atoms with E-state index in [1.165, 1.54) is 89.0 Å². The number of para-hydroxylation sites is 4. The predicted molar refractivity (Wildman–Crippen MR) is 650 cm³/mol. The van der Waals surface area contributed by atoms with E-state index in [1.54, 1.807) is 0 Å². The summed E-state index contributed by atoms with van der Waals surface area (Å²) in [5.74, 6) is 0. The molecule has 21 aromatic carbocycles. The van der Waals surface area contributed by atoms with Crippen molar-refractivity contribution in [3.8, 4) is 66.8 Å². The number of rotatable bonds is 24. The number of hydrogen-bond acceptors (Lipinski definition) is 6. The van der Waals surface area contributed by atoms with E-state index >= 15 is 0 Å². The van der Waals surface area contributed by atoms with Crippen molar-refractivity contribution in [1.82, 2.24) is 0 Å². The third kappa shape index (κ3) is 19.5. The van der Waals surface area contributed by atoms with Crippen molar-refractivity contribution >= 4 is 168 Å². The maximum atomic E-state index is 3.98. The molecule has 3 aliphatic carbocycles. The molecular formula is C141H111Br3N6. The van der Waals surface area contributed by atoms with Crippen molar-refractivity contribution in [2.75, 3.05) is 29.4 Å². The van der Waals surface area contributed by atoms with Crippen LogP contribution in [0.15, 0.2) is 543 Å². The maximum Gasteiger partial charge on any atom is 0.0493 e. The van der Waals surface area contributed by atoms with Crippen LogP contribution >= 0.6 is 47.8 Å². The Labute approximate surface area is 907 Å². The van der Waals surface area contributed by atoms with Gasteiger partial charge in [-0.3, -0.25) is 0 Å². The topological polar surface area (TPSA) is 19.4 Å². The van der Waals surface area contributed by atoms with E-state index in [1.807, 2.05) is 18.2 Å². The standard InChI is InChI=1S/C51H39BrN2.C45H35BrN2.C45H37BrN2/c1-51(2)49-26-16-15-25-47(49)48-28-27-43(35-50(48)51)53(41-21-11-5-12-22-41)45-32-40(52)33-46(34-45)54(42-23-13-6-14-24-42)44-30-38(36-17-7-3-8-18-36)29-39(31-44)37-19-9-4-10-20-37;1-45(2)43-24-13-12-23-41(43)42-26-25-38(31-44(42)45)48(37-22-14-17-33(27-37)32-15-6-3-7-16-32)40-29-34(46)28-39(30-40)47(35-18-8-4-9-19-35)36-20-10-5-11-21-36;1-6-31-13-19-35(20-14-31)47(36-21-15-32(7-2)16-22-36)39-27-34(46)28-40(29-39)48(37-23-17-33(8-3)18-24-37)38-25-26-42-41-11-9-10-12-43(41)45(4,5)44(42)30-38/h3-35H,1-2H3;3-31H,1-2H3;6-30H,1-3H2,4-5H3.